The van der Waals surface area contributed by atoms with Crippen LogP contribution in [-0.4, -0.2) is 12.6 Å². The quantitative estimate of drug-likeness (QED) is 0.117. The molecule has 286 valence electrons. The highest BCUT2D eigenvalue weighted by atomic mass is 32.1. The molecular weight excluding hydrogens is 747 g/mol. The molecule has 0 radical (unpaired) electrons. The van der Waals surface area contributed by atoms with Gasteiger partial charge < -0.3 is 4.57 Å². The van der Waals surface area contributed by atoms with Crippen molar-refractivity contribution in [3.63, 3.8) is 0 Å². The number of rotatable bonds is 6. The largest absolute Gasteiger partial charge is 0.309 e. The Morgan fingerprint density at radius 2 is 1.02 bits per heavy atom. The smallest absolute Gasteiger partial charge is 0.179 e. The molecule has 1 aliphatic rings. The number of thiophene rings is 1. The Hall–Kier alpha value is -6.00. The predicted octanol–water partition coefficient (Wildman–Crippen LogP) is 12.5. The van der Waals surface area contributed by atoms with Crippen LogP contribution in [0.3, 0.4) is 0 Å². The lowest BCUT2D eigenvalue weighted by molar-refractivity contribution is 0.332. The van der Waals surface area contributed by atoms with Gasteiger partial charge in [-0.2, -0.15) is 0 Å². The minimum Gasteiger partial charge on any atom is -0.309 e. The van der Waals surface area contributed by atoms with Crippen molar-refractivity contribution in [2.24, 2.45) is 0 Å². The van der Waals surface area contributed by atoms with E-state index >= 15 is 0 Å². The summed E-state index contributed by atoms with van der Waals surface area (Å²) in [4.78, 5) is 0. The Morgan fingerprint density at radius 3 is 1.75 bits per heavy atom. The van der Waals surface area contributed by atoms with E-state index in [0.29, 0.717) is 0 Å². The van der Waals surface area contributed by atoms with Crippen LogP contribution in [0, 0.1) is 0 Å². The van der Waals surface area contributed by atoms with Gasteiger partial charge in [-0.25, -0.2) is 0 Å². The summed E-state index contributed by atoms with van der Waals surface area (Å²) in [5.41, 5.74) is 9.40. The van der Waals surface area contributed by atoms with Crippen LogP contribution in [0.5, 0.6) is 0 Å². The highest BCUT2D eigenvalue weighted by molar-refractivity contribution is 7.25. The number of aromatic nitrogens is 1. The SMILES string of the molecule is CC1(C)CCC(C)(C)c2cc([Si](c3ccccc3)(c3ccccc3)c3ccc(-n4c5ccccc5c5cccc(-c6ccc7sc8ccccc8c7c6)c54)cc3)ccc21. The molecule has 8 aromatic carbocycles. The van der Waals surface area contributed by atoms with Gasteiger partial charge in [-0.3, -0.25) is 0 Å². The van der Waals surface area contributed by atoms with Crippen molar-refractivity contribution in [3.05, 3.63) is 199 Å². The average molecular weight is 794 g/mol. The van der Waals surface area contributed by atoms with Gasteiger partial charge >= 0.3 is 0 Å². The second-order valence-corrected chi connectivity index (χ2v) is 22.8. The van der Waals surface area contributed by atoms with Crippen LogP contribution in [0.15, 0.2) is 188 Å². The van der Waals surface area contributed by atoms with Gasteiger partial charge in [0.1, 0.15) is 0 Å². The number of para-hydroxylation sites is 2. The Balaban J connectivity index is 1.15. The standard InChI is InChI=1S/C56H47NSSi/c1-55(2)34-35-56(3,4)50-37-43(31-32-49(50)55)59(40-16-7-5-8-17-40,41-18-9-6-10-19-41)42-29-27-39(28-30-42)57-51-24-13-11-20-45(51)47-23-15-22-44(54(47)57)38-26-33-53-48(36-38)46-21-12-14-25-52(46)58-53/h5-33,36-37H,34-35H2,1-4H3. The highest BCUT2D eigenvalue weighted by Crippen LogP contribution is 2.46. The minimum absolute atomic E-state index is 0.105. The second-order valence-electron chi connectivity index (χ2n) is 17.9. The van der Waals surface area contributed by atoms with E-state index in [4.69, 9.17) is 0 Å². The van der Waals surface area contributed by atoms with Gasteiger partial charge in [0.2, 0.25) is 0 Å². The van der Waals surface area contributed by atoms with Gasteiger partial charge in [-0.05, 0) is 97.5 Å². The summed E-state index contributed by atoms with van der Waals surface area (Å²) in [5, 5.41) is 10.8. The highest BCUT2D eigenvalue weighted by Gasteiger charge is 2.44. The van der Waals surface area contributed by atoms with E-state index in [1.807, 2.05) is 11.3 Å². The summed E-state index contributed by atoms with van der Waals surface area (Å²) in [5.74, 6) is 0. The van der Waals surface area contributed by atoms with E-state index in [-0.39, 0.29) is 10.8 Å². The van der Waals surface area contributed by atoms with E-state index in [1.54, 1.807) is 0 Å². The Morgan fingerprint density at radius 1 is 0.441 bits per heavy atom. The molecule has 0 unspecified atom stereocenters. The van der Waals surface area contributed by atoms with E-state index in [1.165, 1.54) is 104 Å². The first-order valence-electron chi connectivity index (χ1n) is 21.1. The molecule has 1 aliphatic carbocycles. The number of fused-ring (bicyclic) bond motifs is 7. The summed E-state index contributed by atoms with van der Waals surface area (Å²) >= 11 is 1.88. The first-order chi connectivity index (χ1) is 28.7. The predicted molar refractivity (Wildman–Crippen MR) is 258 cm³/mol. The van der Waals surface area contributed by atoms with Crippen molar-refractivity contribution < 1.29 is 0 Å². The van der Waals surface area contributed by atoms with Gasteiger partial charge in [-0.1, -0.05) is 179 Å². The maximum atomic E-state index is 2.63. The first-order valence-corrected chi connectivity index (χ1v) is 23.9. The maximum absolute atomic E-state index is 2.80. The van der Waals surface area contributed by atoms with Crippen LogP contribution in [0.25, 0.3) is 58.8 Å². The molecule has 0 saturated carbocycles. The number of benzene rings is 8. The van der Waals surface area contributed by atoms with Crippen LogP contribution in [0.4, 0.5) is 0 Å². The molecule has 0 spiro atoms. The summed E-state index contributed by atoms with van der Waals surface area (Å²) < 4.78 is 5.17. The summed E-state index contributed by atoms with van der Waals surface area (Å²) in [7, 11) is -2.80. The fourth-order valence-electron chi connectivity index (χ4n) is 10.5. The molecule has 59 heavy (non-hydrogen) atoms. The molecular formula is C56H47NSSi. The Labute approximate surface area is 352 Å². The molecule has 10 aromatic rings. The molecule has 0 fully saturated rings. The lowest BCUT2D eigenvalue weighted by Gasteiger charge is -2.43. The van der Waals surface area contributed by atoms with Crippen LogP contribution in [0.2, 0.25) is 0 Å². The summed E-state index contributed by atoms with van der Waals surface area (Å²) in [6.07, 6.45) is 2.40. The van der Waals surface area contributed by atoms with Crippen molar-refractivity contribution in [2.75, 3.05) is 0 Å². The first kappa shape index (κ1) is 36.1. The Bertz CT molecular complexity index is 3160. The molecule has 1 nitrogen and oxygen atoms in total. The van der Waals surface area contributed by atoms with E-state index in [9.17, 15) is 0 Å². The maximum Gasteiger partial charge on any atom is 0.179 e. The fraction of sp³-hybridized carbons (Fsp3) is 0.143. The molecule has 2 aromatic heterocycles. The van der Waals surface area contributed by atoms with Crippen LogP contribution < -0.4 is 20.7 Å². The van der Waals surface area contributed by atoms with Gasteiger partial charge in [0.25, 0.3) is 0 Å². The average Bonchev–Trinajstić information content (AvgIpc) is 3.82. The second kappa shape index (κ2) is 13.5. The third kappa shape index (κ3) is 5.55. The van der Waals surface area contributed by atoms with Gasteiger partial charge in [0, 0.05) is 42.2 Å². The van der Waals surface area contributed by atoms with E-state index in [0.717, 1.165) is 0 Å². The van der Waals surface area contributed by atoms with Crippen molar-refractivity contribution in [1.29, 1.82) is 0 Å². The number of hydrogen-bond donors (Lipinski definition) is 0. The number of hydrogen-bond acceptors (Lipinski definition) is 1. The Kier molecular flexibility index (Phi) is 8.28. The summed E-state index contributed by atoms with van der Waals surface area (Å²) in [6, 6.07) is 71.7. The van der Waals surface area contributed by atoms with Crippen molar-refractivity contribution in [3.8, 4) is 16.8 Å². The molecule has 0 atom stereocenters. The van der Waals surface area contributed by atoms with Crippen LogP contribution >= 0.6 is 11.3 Å². The zero-order chi connectivity index (χ0) is 39.9. The van der Waals surface area contributed by atoms with Crippen LogP contribution in [-0.2, 0) is 10.8 Å². The van der Waals surface area contributed by atoms with E-state index in [2.05, 4.69) is 220 Å². The lowest BCUT2D eigenvalue weighted by atomic mass is 9.63. The monoisotopic (exact) mass is 793 g/mol. The van der Waals surface area contributed by atoms with E-state index < -0.39 is 8.07 Å². The molecule has 3 heteroatoms. The lowest BCUT2D eigenvalue weighted by Crippen LogP contribution is -2.74. The zero-order valence-electron chi connectivity index (χ0n) is 34.2. The fourth-order valence-corrected chi connectivity index (χ4v) is 16.3. The molecule has 2 heterocycles. The van der Waals surface area contributed by atoms with Crippen molar-refractivity contribution >= 4 is 82.1 Å². The molecule has 0 amide bonds. The van der Waals surface area contributed by atoms with Gasteiger partial charge in [0.05, 0.1) is 11.0 Å². The molecule has 0 bridgehead atoms. The molecule has 11 rings (SSSR count). The summed E-state index contributed by atoms with van der Waals surface area (Å²) in [6.45, 7) is 9.77. The number of nitrogens with zero attached hydrogens (tertiary/aromatic N) is 1. The van der Waals surface area contributed by atoms with Gasteiger partial charge in [-0.15, -0.1) is 11.3 Å². The molecule has 0 N–H and O–H groups in total. The van der Waals surface area contributed by atoms with Crippen molar-refractivity contribution in [2.45, 2.75) is 51.4 Å². The minimum atomic E-state index is -2.80. The topological polar surface area (TPSA) is 4.93 Å². The molecule has 0 saturated heterocycles. The van der Waals surface area contributed by atoms with Crippen LogP contribution in [0.1, 0.15) is 51.7 Å². The zero-order valence-corrected chi connectivity index (χ0v) is 36.0. The van der Waals surface area contributed by atoms with Gasteiger partial charge in [0.15, 0.2) is 8.07 Å². The molecule has 0 aliphatic heterocycles. The third-order valence-electron chi connectivity index (χ3n) is 13.6. The van der Waals surface area contributed by atoms with Crippen molar-refractivity contribution in [1.82, 2.24) is 4.57 Å². The third-order valence-corrected chi connectivity index (χ3v) is 19.6. The normalized spacial score (nSPS) is 14.9.